The monoisotopic (exact) mass is 286 g/mol. The van der Waals surface area contributed by atoms with Crippen molar-refractivity contribution in [1.82, 2.24) is 0 Å². The first-order valence-corrected chi connectivity index (χ1v) is 8.71. The van der Waals surface area contributed by atoms with Gasteiger partial charge in [-0.25, -0.2) is 0 Å². The van der Waals surface area contributed by atoms with E-state index < -0.39 is 0 Å². The molecule has 0 radical (unpaired) electrons. The van der Waals surface area contributed by atoms with Gasteiger partial charge in [0.25, 0.3) is 0 Å². The Morgan fingerprint density at radius 2 is 2.00 bits per heavy atom. The molecule has 0 N–H and O–H groups in total. The van der Waals surface area contributed by atoms with E-state index in [1.807, 2.05) is 11.8 Å². The van der Waals surface area contributed by atoms with Crippen molar-refractivity contribution in [1.29, 1.82) is 0 Å². The molecule has 0 fully saturated rings. The molecule has 0 unspecified atom stereocenters. The number of hydrogen-bond donors (Lipinski definition) is 0. The minimum absolute atomic E-state index is 0.607. The van der Waals surface area contributed by atoms with Crippen molar-refractivity contribution in [3.63, 3.8) is 0 Å². The van der Waals surface area contributed by atoms with Crippen LogP contribution >= 0.6 is 11.8 Å². The van der Waals surface area contributed by atoms with Gasteiger partial charge in [0.15, 0.2) is 0 Å². The molecule has 0 aromatic heterocycles. The van der Waals surface area contributed by atoms with Crippen molar-refractivity contribution in [2.45, 2.75) is 19.7 Å². The van der Waals surface area contributed by atoms with E-state index in [1.54, 1.807) is 3.80 Å². The van der Waals surface area contributed by atoms with Gasteiger partial charge in [0.05, 0.1) is 0 Å². The van der Waals surface area contributed by atoms with Gasteiger partial charge >= 0.3 is 104 Å². The number of thioether (sulfide) groups is 1. The van der Waals surface area contributed by atoms with Gasteiger partial charge in [0, 0.05) is 0 Å². The molecule has 0 saturated heterocycles. The van der Waals surface area contributed by atoms with Gasteiger partial charge in [0.2, 0.25) is 0 Å². The van der Waals surface area contributed by atoms with E-state index in [0.717, 1.165) is 5.92 Å². The number of benzene rings is 1. The zero-order valence-corrected chi connectivity index (χ0v) is 12.1. The molecule has 0 aliphatic rings. The molecule has 2 heteroatoms. The average molecular weight is 285 g/mol. The Labute approximate surface area is 104 Å². The van der Waals surface area contributed by atoms with Crippen molar-refractivity contribution in [3.05, 3.63) is 39.7 Å². The zero-order chi connectivity index (χ0) is 11.1. The first kappa shape index (κ1) is 12.9. The maximum absolute atomic E-state index is 2.33. The Morgan fingerprint density at radius 1 is 1.33 bits per heavy atom. The molecular formula is C13H18SSe. The number of hydrogen-bond acceptors (Lipinski definition) is 1. The third-order valence-electron chi connectivity index (χ3n) is 1.84. The maximum atomic E-state index is 2.33. The third kappa shape index (κ3) is 5.46. The van der Waals surface area contributed by atoms with Gasteiger partial charge < -0.3 is 0 Å². The van der Waals surface area contributed by atoms with E-state index in [9.17, 15) is 0 Å². The predicted molar refractivity (Wildman–Crippen MR) is 73.3 cm³/mol. The van der Waals surface area contributed by atoms with Crippen molar-refractivity contribution >= 4 is 32.8 Å². The van der Waals surface area contributed by atoms with Crippen LogP contribution in [0.3, 0.4) is 0 Å². The van der Waals surface area contributed by atoms with Crippen LogP contribution in [0.1, 0.15) is 19.4 Å². The normalized spacial score (nSPS) is 12.1. The fourth-order valence-corrected chi connectivity index (χ4v) is 3.63. The predicted octanol–water partition coefficient (Wildman–Crippen LogP) is 4.13. The molecule has 0 spiro atoms. The first-order chi connectivity index (χ1) is 7.22. The van der Waals surface area contributed by atoms with Crippen LogP contribution in [0, 0.1) is 5.92 Å². The van der Waals surface area contributed by atoms with E-state index in [4.69, 9.17) is 0 Å². The number of rotatable bonds is 5. The summed E-state index contributed by atoms with van der Waals surface area (Å²) in [6, 6.07) is 10.6. The Hall–Kier alpha value is -0.171. The Balaban J connectivity index is 2.62. The molecule has 0 nitrogen and oxygen atoms in total. The SMILES string of the molecule is C[Se]/C(=C\c1ccccc1)SCC(C)C. The van der Waals surface area contributed by atoms with E-state index in [-0.39, 0.29) is 0 Å². The fourth-order valence-electron chi connectivity index (χ4n) is 1.09. The molecule has 0 aliphatic heterocycles. The van der Waals surface area contributed by atoms with E-state index in [2.05, 4.69) is 56.1 Å². The van der Waals surface area contributed by atoms with Gasteiger partial charge in [0.1, 0.15) is 0 Å². The second-order valence-corrected chi connectivity index (χ2v) is 7.21. The summed E-state index contributed by atoms with van der Waals surface area (Å²) in [6.45, 7) is 4.55. The summed E-state index contributed by atoms with van der Waals surface area (Å²) < 4.78 is 1.54. The molecule has 1 aromatic carbocycles. The topological polar surface area (TPSA) is 0 Å². The average Bonchev–Trinajstić information content (AvgIpc) is 2.25. The zero-order valence-electron chi connectivity index (χ0n) is 9.57. The molecule has 82 valence electrons. The quantitative estimate of drug-likeness (QED) is 0.733. The van der Waals surface area contributed by atoms with Gasteiger partial charge in [-0.15, -0.1) is 0 Å². The Kier molecular flexibility index (Phi) is 6.16. The van der Waals surface area contributed by atoms with Crippen LogP contribution in [0.2, 0.25) is 5.82 Å². The molecule has 0 saturated carbocycles. The molecule has 0 amide bonds. The molecule has 0 bridgehead atoms. The van der Waals surface area contributed by atoms with Crippen LogP contribution in [0.5, 0.6) is 0 Å². The van der Waals surface area contributed by atoms with Gasteiger partial charge in [-0.1, -0.05) is 0 Å². The van der Waals surface area contributed by atoms with Crippen molar-refractivity contribution in [2.24, 2.45) is 5.92 Å². The van der Waals surface area contributed by atoms with E-state index >= 15 is 0 Å². The van der Waals surface area contributed by atoms with Crippen molar-refractivity contribution in [3.8, 4) is 0 Å². The molecule has 0 aliphatic carbocycles. The Bertz CT molecular complexity index is 304. The van der Waals surface area contributed by atoms with Crippen LogP contribution in [0.25, 0.3) is 6.08 Å². The summed E-state index contributed by atoms with van der Waals surface area (Å²) in [6.07, 6.45) is 2.33. The van der Waals surface area contributed by atoms with Gasteiger partial charge in [-0.05, 0) is 0 Å². The molecule has 0 atom stereocenters. The fraction of sp³-hybridized carbons (Fsp3) is 0.385. The second kappa shape index (κ2) is 7.16. The summed E-state index contributed by atoms with van der Waals surface area (Å²) in [7, 11) is 0. The van der Waals surface area contributed by atoms with E-state index in [1.165, 1.54) is 11.3 Å². The van der Waals surface area contributed by atoms with Crippen LogP contribution in [0.4, 0.5) is 0 Å². The Morgan fingerprint density at radius 3 is 2.53 bits per heavy atom. The van der Waals surface area contributed by atoms with Crippen molar-refractivity contribution in [2.75, 3.05) is 5.75 Å². The summed E-state index contributed by atoms with van der Waals surface area (Å²) in [5.41, 5.74) is 1.33. The molecule has 15 heavy (non-hydrogen) atoms. The standard InChI is InChI=1S/C13H18SSe/c1-11(2)10-14-13(15-3)9-12-7-5-4-6-8-12/h4-9,11H,10H2,1-3H3/b13-9-. The van der Waals surface area contributed by atoms with Gasteiger partial charge in [-0.2, -0.15) is 0 Å². The van der Waals surface area contributed by atoms with Crippen LogP contribution < -0.4 is 0 Å². The minimum atomic E-state index is 0.607. The summed E-state index contributed by atoms with van der Waals surface area (Å²) in [5.74, 6) is 4.29. The molecule has 0 heterocycles. The summed E-state index contributed by atoms with van der Waals surface area (Å²) in [4.78, 5) is 0. The summed E-state index contributed by atoms with van der Waals surface area (Å²) >= 11 is 2.62. The first-order valence-electron chi connectivity index (χ1n) is 5.16. The molecule has 1 aromatic rings. The second-order valence-electron chi connectivity index (χ2n) is 3.78. The van der Waals surface area contributed by atoms with E-state index in [0.29, 0.717) is 15.0 Å². The van der Waals surface area contributed by atoms with Crippen LogP contribution in [-0.4, -0.2) is 20.7 Å². The summed E-state index contributed by atoms with van der Waals surface area (Å²) in [5, 5.41) is 0. The van der Waals surface area contributed by atoms with Crippen LogP contribution in [0.15, 0.2) is 34.1 Å². The molecular weight excluding hydrogens is 267 g/mol. The van der Waals surface area contributed by atoms with Crippen LogP contribution in [-0.2, 0) is 0 Å². The third-order valence-corrected chi connectivity index (χ3v) is 5.78. The molecule has 1 rings (SSSR count). The van der Waals surface area contributed by atoms with Crippen molar-refractivity contribution < 1.29 is 0 Å². The van der Waals surface area contributed by atoms with Gasteiger partial charge in [-0.3, -0.25) is 0 Å².